The summed E-state index contributed by atoms with van der Waals surface area (Å²) in [6, 6.07) is 10.5. The molecule has 3 aromatic rings. The average molecular weight is 579 g/mol. The van der Waals surface area contributed by atoms with E-state index in [1.54, 1.807) is 0 Å². The number of sulfonamides is 1. The molecule has 1 aromatic heterocycles. The number of rotatable bonds is 9. The van der Waals surface area contributed by atoms with E-state index in [2.05, 4.69) is 20.0 Å². The van der Waals surface area contributed by atoms with Crippen LogP contribution in [-0.4, -0.2) is 50.1 Å². The molecule has 1 N–H and O–H groups in total. The van der Waals surface area contributed by atoms with Crippen LogP contribution >= 0.6 is 22.9 Å². The molecule has 1 fully saturated rings. The molecular weight excluding hydrogens is 560 g/mol. The Morgan fingerprint density at radius 1 is 1.24 bits per heavy atom. The third kappa shape index (κ3) is 6.14. The number of nitrogens with one attached hydrogen (secondary N) is 1. The molecule has 1 atom stereocenters. The molecule has 1 saturated heterocycles. The first-order chi connectivity index (χ1) is 17.5. The van der Waals surface area contributed by atoms with Gasteiger partial charge in [-0.1, -0.05) is 46.4 Å². The number of halogens is 5. The zero-order valence-corrected chi connectivity index (χ0v) is 21.2. The zero-order valence-electron chi connectivity index (χ0n) is 18.8. The fraction of sp³-hybridized carbons (Fsp3) is 0.273. The number of hydrogen-bond acceptors (Lipinski definition) is 8. The molecule has 2 heterocycles. The summed E-state index contributed by atoms with van der Waals surface area (Å²) in [6.07, 6.45) is -3.39. The molecule has 8 nitrogen and oxygen atoms in total. The quantitative estimate of drug-likeness (QED) is 0.282. The molecular formula is C22H19ClF4N4O4S2. The van der Waals surface area contributed by atoms with Gasteiger partial charge < -0.3 is 15.1 Å². The number of carbonyl (C=O) groups is 1. The second kappa shape index (κ2) is 10.8. The van der Waals surface area contributed by atoms with E-state index in [0.717, 1.165) is 43.4 Å². The van der Waals surface area contributed by atoms with Crippen molar-refractivity contribution in [2.75, 3.05) is 29.4 Å². The highest BCUT2D eigenvalue weighted by atomic mass is 35.5. The van der Waals surface area contributed by atoms with Gasteiger partial charge in [0.15, 0.2) is 0 Å². The van der Waals surface area contributed by atoms with Gasteiger partial charge in [0.1, 0.15) is 10.7 Å². The van der Waals surface area contributed by atoms with Gasteiger partial charge in [-0.05, 0) is 37.2 Å². The summed E-state index contributed by atoms with van der Waals surface area (Å²) in [6.45, 7) is 2.37. The van der Waals surface area contributed by atoms with Crippen molar-refractivity contribution in [3.05, 3.63) is 70.4 Å². The molecule has 0 unspecified atom stereocenters. The van der Waals surface area contributed by atoms with Gasteiger partial charge >= 0.3 is 22.2 Å². The molecule has 0 saturated carbocycles. The molecule has 0 aliphatic carbocycles. The van der Waals surface area contributed by atoms with Crippen LogP contribution in [0.3, 0.4) is 0 Å². The van der Waals surface area contributed by atoms with E-state index < -0.39 is 38.0 Å². The van der Waals surface area contributed by atoms with Crippen LogP contribution in [0.2, 0.25) is 5.02 Å². The number of carbonyl (C=O) groups excluding carboxylic acids is 1. The molecule has 4 rings (SSSR count). The topological polar surface area (TPSA) is 91.8 Å². The number of nitrogens with zero attached hydrogens (tertiary/aromatic N) is 3. The first-order valence-corrected chi connectivity index (χ1v) is 13.4. The smallest absolute Gasteiger partial charge is 0.376 e. The van der Waals surface area contributed by atoms with E-state index in [0.29, 0.717) is 17.9 Å². The molecule has 0 bridgehead atoms. The minimum atomic E-state index is -5.52. The van der Waals surface area contributed by atoms with E-state index in [-0.39, 0.29) is 21.2 Å². The van der Waals surface area contributed by atoms with Crippen LogP contribution in [0.1, 0.15) is 18.0 Å². The Kier molecular flexibility index (Phi) is 7.92. The van der Waals surface area contributed by atoms with Crippen LogP contribution in [0, 0.1) is 5.82 Å². The number of alkyl halides is 3. The van der Waals surface area contributed by atoms with E-state index >= 15 is 4.39 Å². The van der Waals surface area contributed by atoms with E-state index in [1.165, 1.54) is 5.38 Å². The van der Waals surface area contributed by atoms with Gasteiger partial charge in [0, 0.05) is 18.1 Å². The van der Waals surface area contributed by atoms with Crippen LogP contribution in [-0.2, 0) is 19.7 Å². The van der Waals surface area contributed by atoms with E-state index in [9.17, 15) is 26.4 Å². The predicted octanol–water partition coefficient (Wildman–Crippen LogP) is 5.01. The minimum Gasteiger partial charge on any atom is -0.376 e. The number of thiazole rings is 1. The Hall–Kier alpha value is -2.94. The number of aromatic nitrogens is 1. The highest BCUT2D eigenvalue weighted by Crippen LogP contribution is 2.35. The Morgan fingerprint density at radius 3 is 2.51 bits per heavy atom. The monoisotopic (exact) mass is 578 g/mol. The van der Waals surface area contributed by atoms with Gasteiger partial charge in [0.25, 0.3) is 0 Å². The lowest BCUT2D eigenvalue weighted by Crippen LogP contribution is -2.41. The van der Waals surface area contributed by atoms with Crippen molar-refractivity contribution >= 4 is 49.7 Å². The Morgan fingerprint density at radius 2 is 1.95 bits per heavy atom. The van der Waals surface area contributed by atoms with Gasteiger partial charge in [-0.15, -0.1) is 11.3 Å². The van der Waals surface area contributed by atoms with E-state index in [1.807, 2.05) is 30.3 Å². The molecule has 2 aromatic carbocycles. The number of likely N-dealkylation sites (tertiary alicyclic amines) is 1. The van der Waals surface area contributed by atoms with Crippen LogP contribution in [0.25, 0.3) is 0 Å². The van der Waals surface area contributed by atoms with Crippen LogP contribution in [0.4, 0.5) is 28.4 Å². The van der Waals surface area contributed by atoms with Gasteiger partial charge in [-0.2, -0.15) is 21.6 Å². The summed E-state index contributed by atoms with van der Waals surface area (Å²) in [5.41, 5.74) is 0.956. The van der Waals surface area contributed by atoms with Crippen molar-refractivity contribution in [1.29, 1.82) is 0 Å². The lowest BCUT2D eigenvalue weighted by molar-refractivity contribution is -0.199. The summed E-state index contributed by atoms with van der Waals surface area (Å²) < 4.78 is 79.5. The zero-order chi connectivity index (χ0) is 26.8. The van der Waals surface area contributed by atoms with Crippen molar-refractivity contribution in [3.63, 3.8) is 0 Å². The average Bonchev–Trinajstić information content (AvgIpc) is 3.34. The van der Waals surface area contributed by atoms with Crippen molar-refractivity contribution in [2.24, 2.45) is 0 Å². The molecule has 0 amide bonds. The van der Waals surface area contributed by atoms with Gasteiger partial charge in [0.2, 0.25) is 5.13 Å². The summed E-state index contributed by atoms with van der Waals surface area (Å²) in [7, 11) is -5.20. The second-order valence-corrected chi connectivity index (χ2v) is 10.9. The molecule has 37 heavy (non-hydrogen) atoms. The highest BCUT2D eigenvalue weighted by molar-refractivity contribution is 7.92. The third-order valence-electron chi connectivity index (χ3n) is 5.41. The normalized spacial score (nSPS) is 15.1. The van der Waals surface area contributed by atoms with Crippen LogP contribution < -0.4 is 9.79 Å². The summed E-state index contributed by atoms with van der Waals surface area (Å²) >= 11 is 6.86. The fourth-order valence-corrected chi connectivity index (χ4v) is 5.84. The largest absolute Gasteiger partial charge is 0.493 e. The van der Waals surface area contributed by atoms with Gasteiger partial charge in [-0.25, -0.2) is 14.2 Å². The first kappa shape index (κ1) is 27.1. The Bertz CT molecular complexity index is 1360. The molecule has 0 spiro atoms. The second-order valence-electron chi connectivity index (χ2n) is 7.95. The minimum absolute atomic E-state index is 0.0700. The number of hydrogen-bond donors (Lipinski definition) is 1. The maximum absolute atomic E-state index is 15.2. The molecule has 15 heteroatoms. The van der Waals surface area contributed by atoms with Crippen LogP contribution in [0.15, 0.2) is 58.9 Å². The van der Waals surface area contributed by atoms with Crippen molar-refractivity contribution in [1.82, 2.24) is 9.88 Å². The number of benzene rings is 2. The number of anilines is 2. The molecule has 1 aliphatic heterocycles. The summed E-state index contributed by atoms with van der Waals surface area (Å²) in [5.74, 6) is -4.15. The standard InChI is InChI=1S/C22H19ClF4N4O4S2/c23-15-11-19(37(33,34)31(21-28-7-10-36-21)35-20(32)22(25,26)27)16(24)12-17(15)29-18(13-30-8-4-9-30)14-5-2-1-3-6-14/h1-3,5-7,10-12,18,29H,4,8-9,13H2/t18-/m1/s1. The van der Waals surface area contributed by atoms with Gasteiger partial charge in [-0.3, -0.25) is 0 Å². The summed E-state index contributed by atoms with van der Waals surface area (Å²) in [4.78, 5) is 20.2. The fourth-order valence-electron chi connectivity index (χ4n) is 3.48. The Balaban J connectivity index is 1.66. The van der Waals surface area contributed by atoms with Crippen molar-refractivity contribution in [3.8, 4) is 0 Å². The highest BCUT2D eigenvalue weighted by Gasteiger charge is 2.46. The van der Waals surface area contributed by atoms with E-state index in [4.69, 9.17) is 11.6 Å². The predicted molar refractivity (Wildman–Crippen MR) is 129 cm³/mol. The lowest BCUT2D eigenvalue weighted by atomic mass is 10.0. The molecule has 1 aliphatic rings. The molecule has 198 valence electrons. The Labute approximate surface area is 218 Å². The SMILES string of the molecule is O=C(ON(c1nccs1)S(=O)(=O)c1cc(Cl)c(N[C@H](CN2CCC2)c2ccccc2)cc1F)C(F)(F)F. The lowest BCUT2D eigenvalue weighted by Gasteiger charge is -2.35. The maximum Gasteiger partial charge on any atom is 0.493 e. The first-order valence-electron chi connectivity index (χ1n) is 10.7. The molecule has 0 radical (unpaired) electrons. The van der Waals surface area contributed by atoms with Crippen molar-refractivity contribution < 1.29 is 35.6 Å². The van der Waals surface area contributed by atoms with Gasteiger partial charge in [0.05, 0.1) is 16.8 Å². The van der Waals surface area contributed by atoms with Crippen LogP contribution in [0.5, 0.6) is 0 Å². The summed E-state index contributed by atoms with van der Waals surface area (Å²) in [5, 5.41) is 3.50. The third-order valence-corrected chi connectivity index (χ3v) is 8.13. The maximum atomic E-state index is 15.2. The van der Waals surface area contributed by atoms with Crippen molar-refractivity contribution in [2.45, 2.75) is 23.5 Å².